The molecule has 0 saturated heterocycles. The van der Waals surface area contributed by atoms with Crippen LogP contribution in [0.2, 0.25) is 5.02 Å². The molecule has 0 spiro atoms. The van der Waals surface area contributed by atoms with E-state index in [2.05, 4.69) is 21.2 Å². The first-order chi connectivity index (χ1) is 11.0. The summed E-state index contributed by atoms with van der Waals surface area (Å²) in [6.45, 7) is 0.151. The molecule has 120 valence electrons. The molecule has 23 heavy (non-hydrogen) atoms. The fraction of sp³-hybridized carbons (Fsp3) is 0.133. The van der Waals surface area contributed by atoms with Gasteiger partial charge in [0.2, 0.25) is 5.91 Å². The van der Waals surface area contributed by atoms with Crippen molar-refractivity contribution in [3.8, 4) is 5.75 Å². The second kappa shape index (κ2) is 7.94. The van der Waals surface area contributed by atoms with Gasteiger partial charge in [0.1, 0.15) is 5.75 Å². The van der Waals surface area contributed by atoms with Gasteiger partial charge in [-0.1, -0.05) is 27.5 Å². The number of benzene rings is 2. The molecule has 0 radical (unpaired) electrons. The van der Waals surface area contributed by atoms with Crippen molar-refractivity contribution in [1.82, 2.24) is 0 Å². The Balaban J connectivity index is 1.81. The monoisotopic (exact) mass is 398 g/mol. The van der Waals surface area contributed by atoms with Gasteiger partial charge in [-0.3, -0.25) is 14.9 Å². The molecule has 0 saturated carbocycles. The number of nitro groups is 1. The van der Waals surface area contributed by atoms with E-state index in [1.54, 1.807) is 18.2 Å². The maximum atomic E-state index is 11.8. The van der Waals surface area contributed by atoms with Gasteiger partial charge in [-0.25, -0.2) is 0 Å². The Morgan fingerprint density at radius 3 is 2.57 bits per heavy atom. The highest BCUT2D eigenvalue weighted by atomic mass is 79.9. The third-order valence-electron chi connectivity index (χ3n) is 2.85. The number of nitro benzene ring substituents is 1. The van der Waals surface area contributed by atoms with Gasteiger partial charge < -0.3 is 10.1 Å². The fourth-order valence-corrected chi connectivity index (χ4v) is 2.45. The first-order valence-electron chi connectivity index (χ1n) is 6.58. The van der Waals surface area contributed by atoms with Gasteiger partial charge in [0.15, 0.2) is 0 Å². The van der Waals surface area contributed by atoms with Crippen LogP contribution >= 0.6 is 27.5 Å². The molecule has 0 aliphatic carbocycles. The van der Waals surface area contributed by atoms with Crippen LogP contribution in [-0.2, 0) is 4.79 Å². The van der Waals surface area contributed by atoms with Gasteiger partial charge in [0.25, 0.3) is 5.69 Å². The number of nitrogens with zero attached hydrogens (tertiary/aromatic N) is 1. The highest BCUT2D eigenvalue weighted by molar-refractivity contribution is 9.10. The summed E-state index contributed by atoms with van der Waals surface area (Å²) in [5, 5.41) is 13.7. The first kappa shape index (κ1) is 17.2. The van der Waals surface area contributed by atoms with Gasteiger partial charge >= 0.3 is 0 Å². The van der Waals surface area contributed by atoms with Crippen LogP contribution < -0.4 is 10.1 Å². The second-order valence-corrected chi connectivity index (χ2v) is 5.84. The van der Waals surface area contributed by atoms with Gasteiger partial charge in [-0.05, 0) is 30.3 Å². The predicted molar refractivity (Wildman–Crippen MR) is 91.0 cm³/mol. The van der Waals surface area contributed by atoms with Crippen molar-refractivity contribution >= 4 is 44.8 Å². The van der Waals surface area contributed by atoms with E-state index in [0.717, 1.165) is 4.47 Å². The topological polar surface area (TPSA) is 81.5 Å². The minimum atomic E-state index is -0.487. The molecule has 1 N–H and O–H groups in total. The summed E-state index contributed by atoms with van der Waals surface area (Å²) in [7, 11) is 0. The molecule has 0 heterocycles. The molecule has 0 fully saturated rings. The summed E-state index contributed by atoms with van der Waals surface area (Å²) in [5.41, 5.74) is 0.509. The highest BCUT2D eigenvalue weighted by Crippen LogP contribution is 2.25. The largest absolute Gasteiger partial charge is 0.493 e. The number of hydrogen-bond donors (Lipinski definition) is 1. The molecule has 2 rings (SSSR count). The van der Waals surface area contributed by atoms with E-state index in [1.807, 2.05) is 0 Å². The zero-order valence-electron chi connectivity index (χ0n) is 11.8. The fourth-order valence-electron chi connectivity index (χ4n) is 1.73. The molecule has 1 amide bonds. The lowest BCUT2D eigenvalue weighted by molar-refractivity contribution is -0.384. The normalized spacial score (nSPS) is 10.2. The summed E-state index contributed by atoms with van der Waals surface area (Å²) < 4.78 is 6.20. The number of nitrogens with one attached hydrogen (secondary N) is 1. The predicted octanol–water partition coefficient (Wildman–Crippen LogP) is 4.42. The number of carbonyl (C=O) groups is 1. The molecule has 0 bridgehead atoms. The van der Waals surface area contributed by atoms with Crippen LogP contribution in [0.25, 0.3) is 0 Å². The summed E-state index contributed by atoms with van der Waals surface area (Å²) in [6.07, 6.45) is 0.128. The SMILES string of the molecule is O=C(CCOc1ccc([N+](=O)[O-])cc1)Nc1ccc(Br)cc1Cl. The van der Waals surface area contributed by atoms with E-state index in [-0.39, 0.29) is 24.6 Å². The number of amides is 1. The molecule has 6 nitrogen and oxygen atoms in total. The Labute approximate surface area is 145 Å². The quantitative estimate of drug-likeness (QED) is 0.576. The van der Waals surface area contributed by atoms with Crippen molar-refractivity contribution < 1.29 is 14.5 Å². The van der Waals surface area contributed by atoms with Gasteiger partial charge in [0.05, 0.1) is 28.7 Å². The van der Waals surface area contributed by atoms with E-state index < -0.39 is 4.92 Å². The van der Waals surface area contributed by atoms with E-state index in [9.17, 15) is 14.9 Å². The zero-order chi connectivity index (χ0) is 16.8. The Kier molecular flexibility index (Phi) is 5.95. The van der Waals surface area contributed by atoms with E-state index in [1.165, 1.54) is 24.3 Å². The minimum absolute atomic E-state index is 0.0139. The molecule has 8 heteroatoms. The van der Waals surface area contributed by atoms with Crippen molar-refractivity contribution in [2.24, 2.45) is 0 Å². The van der Waals surface area contributed by atoms with Gasteiger partial charge in [-0.15, -0.1) is 0 Å². The minimum Gasteiger partial charge on any atom is -0.493 e. The Hall–Kier alpha value is -2.12. The number of halogens is 2. The molecule has 0 aliphatic rings. The summed E-state index contributed by atoms with van der Waals surface area (Å²) in [5.74, 6) is 0.223. The van der Waals surface area contributed by atoms with Crippen molar-refractivity contribution in [2.45, 2.75) is 6.42 Å². The number of hydrogen-bond acceptors (Lipinski definition) is 4. The number of non-ortho nitro benzene ring substituents is 1. The van der Waals surface area contributed by atoms with Crippen LogP contribution in [0.1, 0.15) is 6.42 Å². The standard InChI is InChI=1S/C15H12BrClN2O4/c16-10-1-6-14(13(17)9-10)18-15(20)7-8-23-12-4-2-11(3-5-12)19(21)22/h1-6,9H,7-8H2,(H,18,20). The Bertz CT molecular complexity index is 722. The summed E-state index contributed by atoms with van der Waals surface area (Å²) in [4.78, 5) is 21.9. The molecule has 0 aromatic heterocycles. The zero-order valence-corrected chi connectivity index (χ0v) is 14.1. The number of carbonyl (C=O) groups excluding carboxylic acids is 1. The molecule has 2 aromatic carbocycles. The molecule has 0 atom stereocenters. The molecule has 0 unspecified atom stereocenters. The van der Waals surface area contributed by atoms with Crippen molar-refractivity contribution in [1.29, 1.82) is 0 Å². The Morgan fingerprint density at radius 2 is 1.96 bits per heavy atom. The maximum Gasteiger partial charge on any atom is 0.269 e. The number of anilines is 1. The smallest absolute Gasteiger partial charge is 0.269 e. The molecule has 2 aromatic rings. The van der Waals surface area contributed by atoms with Crippen molar-refractivity contribution in [3.05, 3.63) is 62.1 Å². The van der Waals surface area contributed by atoms with E-state index in [4.69, 9.17) is 16.3 Å². The molecular formula is C15H12BrClN2O4. The highest BCUT2D eigenvalue weighted by Gasteiger charge is 2.08. The lowest BCUT2D eigenvalue weighted by atomic mass is 10.3. The summed E-state index contributed by atoms with van der Waals surface area (Å²) >= 11 is 9.30. The molecule has 0 aliphatic heterocycles. The number of rotatable bonds is 6. The van der Waals surface area contributed by atoms with Crippen LogP contribution in [0.3, 0.4) is 0 Å². The maximum absolute atomic E-state index is 11.8. The Morgan fingerprint density at radius 1 is 1.26 bits per heavy atom. The van der Waals surface area contributed by atoms with Gasteiger partial charge in [-0.2, -0.15) is 0 Å². The lowest BCUT2D eigenvalue weighted by Crippen LogP contribution is -2.15. The van der Waals surface area contributed by atoms with Crippen LogP contribution in [0.4, 0.5) is 11.4 Å². The van der Waals surface area contributed by atoms with Crippen molar-refractivity contribution in [3.63, 3.8) is 0 Å². The third-order valence-corrected chi connectivity index (χ3v) is 3.66. The lowest BCUT2D eigenvalue weighted by Gasteiger charge is -2.08. The third kappa shape index (κ3) is 5.22. The van der Waals surface area contributed by atoms with Crippen LogP contribution in [0.15, 0.2) is 46.9 Å². The average Bonchev–Trinajstić information content (AvgIpc) is 2.50. The van der Waals surface area contributed by atoms with E-state index >= 15 is 0 Å². The van der Waals surface area contributed by atoms with Crippen LogP contribution in [0.5, 0.6) is 5.75 Å². The first-order valence-corrected chi connectivity index (χ1v) is 7.75. The van der Waals surface area contributed by atoms with Crippen LogP contribution in [0, 0.1) is 10.1 Å². The molecular weight excluding hydrogens is 388 g/mol. The van der Waals surface area contributed by atoms with Crippen LogP contribution in [-0.4, -0.2) is 17.4 Å². The second-order valence-electron chi connectivity index (χ2n) is 4.52. The van der Waals surface area contributed by atoms with Crippen molar-refractivity contribution in [2.75, 3.05) is 11.9 Å². The average molecular weight is 400 g/mol. The summed E-state index contributed by atoms with van der Waals surface area (Å²) in [6, 6.07) is 10.8. The van der Waals surface area contributed by atoms with Gasteiger partial charge in [0, 0.05) is 16.6 Å². The van der Waals surface area contributed by atoms with E-state index in [0.29, 0.717) is 16.5 Å². The number of ether oxygens (including phenoxy) is 1.